The van der Waals surface area contributed by atoms with Crippen LogP contribution in [0.5, 0.6) is 5.75 Å². The molecule has 2 saturated heterocycles. The summed E-state index contributed by atoms with van der Waals surface area (Å²) in [6.45, 7) is 1.93. The van der Waals surface area contributed by atoms with E-state index in [0.717, 1.165) is 12.1 Å². The first-order valence-corrected chi connectivity index (χ1v) is 10.6. The maximum absolute atomic E-state index is 12.0. The van der Waals surface area contributed by atoms with E-state index < -0.39 is 9.84 Å². The molecule has 24 heavy (non-hydrogen) atoms. The van der Waals surface area contributed by atoms with Crippen LogP contribution in [0, 0.1) is 0 Å². The third-order valence-corrected chi connectivity index (χ3v) is 7.31. The van der Waals surface area contributed by atoms with Crippen molar-refractivity contribution in [3.63, 3.8) is 0 Å². The first-order chi connectivity index (χ1) is 11.4. The zero-order chi connectivity index (χ0) is 17.3. The molecule has 0 spiro atoms. The number of benzene rings is 1. The number of methoxy groups -OCH3 is 1. The number of hydrogen-bond donors (Lipinski definition) is 0. The molecule has 8 heteroatoms. The van der Waals surface area contributed by atoms with Gasteiger partial charge >= 0.3 is 0 Å². The molecular formula is C16H20N2O4S2. The number of aliphatic imine (C=N–C) groups is 1. The topological polar surface area (TPSA) is 76.0 Å². The van der Waals surface area contributed by atoms with Crippen LogP contribution in [0.4, 0.5) is 5.69 Å². The number of amides is 1. The Morgan fingerprint density at radius 3 is 2.83 bits per heavy atom. The molecule has 0 bridgehead atoms. The Morgan fingerprint density at radius 1 is 1.38 bits per heavy atom. The molecule has 6 nitrogen and oxygen atoms in total. The Labute approximate surface area is 146 Å². The van der Waals surface area contributed by atoms with Crippen LogP contribution in [0.2, 0.25) is 0 Å². The number of thioether (sulfide) groups is 1. The molecular weight excluding hydrogens is 348 g/mol. The molecule has 2 unspecified atom stereocenters. The number of carbonyl (C=O) groups excluding carboxylic acids is 1. The van der Waals surface area contributed by atoms with Crippen molar-refractivity contribution >= 4 is 38.4 Å². The Kier molecular flexibility index (Phi) is 4.87. The number of carbonyl (C=O) groups is 1. The standard InChI is InChI=1S/C16H20N2O4S2/c1-3-6-15(19)17-16-18(11-7-4-5-8-13(11)22-2)12-9-24(20,21)10-14(12)23-16/h4-5,7-8,12,14H,3,6,9-10H2,1-2H3. The van der Waals surface area contributed by atoms with E-state index in [9.17, 15) is 13.2 Å². The van der Waals surface area contributed by atoms with E-state index in [1.54, 1.807) is 7.11 Å². The molecule has 1 amide bonds. The fourth-order valence-corrected chi connectivity index (χ4v) is 6.98. The van der Waals surface area contributed by atoms with Gasteiger partial charge in [0.2, 0.25) is 5.91 Å². The minimum absolute atomic E-state index is 0.0731. The van der Waals surface area contributed by atoms with Crippen molar-refractivity contribution < 1.29 is 17.9 Å². The number of ether oxygens (including phenoxy) is 1. The molecule has 2 atom stereocenters. The minimum Gasteiger partial charge on any atom is -0.495 e. The Morgan fingerprint density at radius 2 is 2.12 bits per heavy atom. The van der Waals surface area contributed by atoms with Gasteiger partial charge in [-0.3, -0.25) is 4.79 Å². The lowest BCUT2D eigenvalue weighted by Crippen LogP contribution is -2.38. The second kappa shape index (κ2) is 6.76. The predicted octanol–water partition coefficient (Wildman–Crippen LogP) is 2.10. The number of nitrogens with zero attached hydrogens (tertiary/aromatic N) is 2. The number of fused-ring (bicyclic) bond motifs is 1. The number of hydrogen-bond acceptors (Lipinski definition) is 5. The van der Waals surface area contributed by atoms with Crippen molar-refractivity contribution in [1.29, 1.82) is 0 Å². The number of sulfone groups is 1. The van der Waals surface area contributed by atoms with Gasteiger partial charge in [-0.1, -0.05) is 30.8 Å². The molecule has 2 aliphatic rings. The lowest BCUT2D eigenvalue weighted by molar-refractivity contribution is -0.117. The largest absolute Gasteiger partial charge is 0.495 e. The van der Waals surface area contributed by atoms with Crippen LogP contribution >= 0.6 is 11.8 Å². The van der Waals surface area contributed by atoms with Gasteiger partial charge in [0.15, 0.2) is 15.0 Å². The lowest BCUT2D eigenvalue weighted by atomic mass is 10.2. The highest BCUT2D eigenvalue weighted by atomic mass is 32.2. The molecule has 0 aromatic heterocycles. The fraction of sp³-hybridized carbons (Fsp3) is 0.500. The fourth-order valence-electron chi connectivity index (χ4n) is 3.05. The summed E-state index contributed by atoms with van der Waals surface area (Å²) >= 11 is 1.38. The van der Waals surface area contributed by atoms with Gasteiger partial charge in [-0.05, 0) is 18.6 Å². The van der Waals surface area contributed by atoms with Crippen LogP contribution in [0.25, 0.3) is 0 Å². The van der Waals surface area contributed by atoms with Gasteiger partial charge in [0.25, 0.3) is 0 Å². The molecule has 2 fully saturated rings. The molecule has 130 valence electrons. The van der Waals surface area contributed by atoms with Crippen molar-refractivity contribution in [3.05, 3.63) is 24.3 Å². The highest BCUT2D eigenvalue weighted by Crippen LogP contribution is 2.43. The van der Waals surface area contributed by atoms with Gasteiger partial charge in [-0.2, -0.15) is 4.99 Å². The zero-order valence-corrected chi connectivity index (χ0v) is 15.3. The third kappa shape index (κ3) is 3.30. The van der Waals surface area contributed by atoms with Gasteiger partial charge in [0.05, 0.1) is 30.3 Å². The molecule has 0 aliphatic carbocycles. The lowest BCUT2D eigenvalue weighted by Gasteiger charge is -2.26. The second-order valence-electron chi connectivity index (χ2n) is 5.88. The average molecular weight is 368 g/mol. The molecule has 2 heterocycles. The van der Waals surface area contributed by atoms with Crippen LogP contribution in [0.15, 0.2) is 29.3 Å². The van der Waals surface area contributed by atoms with Crippen LogP contribution < -0.4 is 9.64 Å². The highest BCUT2D eigenvalue weighted by molar-refractivity contribution is 8.16. The van der Waals surface area contributed by atoms with E-state index in [-0.39, 0.29) is 28.7 Å². The van der Waals surface area contributed by atoms with Crippen LogP contribution in [0.3, 0.4) is 0 Å². The Hall–Kier alpha value is -1.54. The Balaban J connectivity index is 2.03. The van der Waals surface area contributed by atoms with Crippen molar-refractivity contribution in [3.8, 4) is 5.75 Å². The van der Waals surface area contributed by atoms with E-state index in [2.05, 4.69) is 4.99 Å². The smallest absolute Gasteiger partial charge is 0.248 e. The van der Waals surface area contributed by atoms with Gasteiger partial charge in [0.1, 0.15) is 5.75 Å². The highest BCUT2D eigenvalue weighted by Gasteiger charge is 2.49. The van der Waals surface area contributed by atoms with E-state index in [1.165, 1.54) is 11.8 Å². The maximum atomic E-state index is 12.0. The average Bonchev–Trinajstić information content (AvgIpc) is 2.98. The second-order valence-corrected chi connectivity index (χ2v) is 9.24. The quantitative estimate of drug-likeness (QED) is 0.810. The molecule has 1 aromatic rings. The summed E-state index contributed by atoms with van der Waals surface area (Å²) in [5.74, 6) is 0.653. The first-order valence-electron chi connectivity index (χ1n) is 7.86. The summed E-state index contributed by atoms with van der Waals surface area (Å²) in [5, 5.41) is 0.468. The van der Waals surface area contributed by atoms with E-state index >= 15 is 0 Å². The third-order valence-electron chi connectivity index (χ3n) is 4.10. The van der Waals surface area contributed by atoms with E-state index in [0.29, 0.717) is 17.3 Å². The van der Waals surface area contributed by atoms with Gasteiger partial charge in [-0.15, -0.1) is 0 Å². The summed E-state index contributed by atoms with van der Waals surface area (Å²) in [5.41, 5.74) is 0.750. The van der Waals surface area contributed by atoms with Crippen molar-refractivity contribution in [2.24, 2.45) is 4.99 Å². The van der Waals surface area contributed by atoms with Crippen molar-refractivity contribution in [2.75, 3.05) is 23.5 Å². The summed E-state index contributed by atoms with van der Waals surface area (Å²) in [7, 11) is -1.50. The molecule has 0 saturated carbocycles. The van der Waals surface area contributed by atoms with E-state index in [4.69, 9.17) is 4.74 Å². The predicted molar refractivity (Wildman–Crippen MR) is 96.6 cm³/mol. The van der Waals surface area contributed by atoms with Crippen molar-refractivity contribution in [1.82, 2.24) is 0 Å². The molecule has 0 N–H and O–H groups in total. The first kappa shape index (κ1) is 17.3. The minimum atomic E-state index is -3.07. The van der Waals surface area contributed by atoms with Gasteiger partial charge in [-0.25, -0.2) is 8.42 Å². The molecule has 1 aromatic carbocycles. The summed E-state index contributed by atoms with van der Waals surface area (Å²) in [4.78, 5) is 18.1. The number of anilines is 1. The van der Waals surface area contributed by atoms with Crippen LogP contribution in [0.1, 0.15) is 19.8 Å². The number of para-hydroxylation sites is 2. The normalized spacial score (nSPS) is 26.6. The van der Waals surface area contributed by atoms with Gasteiger partial charge in [0, 0.05) is 11.7 Å². The zero-order valence-electron chi connectivity index (χ0n) is 13.6. The van der Waals surface area contributed by atoms with Crippen LogP contribution in [-0.4, -0.2) is 49.4 Å². The van der Waals surface area contributed by atoms with Gasteiger partial charge < -0.3 is 9.64 Å². The summed E-state index contributed by atoms with van der Waals surface area (Å²) in [6.07, 6.45) is 1.12. The maximum Gasteiger partial charge on any atom is 0.248 e. The monoisotopic (exact) mass is 368 g/mol. The molecule has 0 radical (unpaired) electrons. The van der Waals surface area contributed by atoms with E-state index in [1.807, 2.05) is 36.1 Å². The van der Waals surface area contributed by atoms with Crippen LogP contribution in [-0.2, 0) is 14.6 Å². The number of amidine groups is 1. The summed E-state index contributed by atoms with van der Waals surface area (Å²) < 4.78 is 29.5. The SMILES string of the molecule is CCCC(=O)N=C1SC2CS(=O)(=O)CC2N1c1ccccc1OC. The Bertz CT molecular complexity index is 776. The van der Waals surface area contributed by atoms with Crippen molar-refractivity contribution in [2.45, 2.75) is 31.1 Å². The summed E-state index contributed by atoms with van der Waals surface area (Å²) in [6, 6.07) is 7.19. The number of rotatable bonds is 4. The molecule has 2 aliphatic heterocycles. The molecule has 3 rings (SSSR count).